The van der Waals surface area contributed by atoms with E-state index in [1.165, 1.54) is 19.3 Å². The first kappa shape index (κ1) is 16.0. The van der Waals surface area contributed by atoms with Crippen LogP contribution in [0.15, 0.2) is 30.3 Å². The first-order valence-electron chi connectivity index (χ1n) is 8.89. The predicted octanol–water partition coefficient (Wildman–Crippen LogP) is 2.99. The van der Waals surface area contributed by atoms with Gasteiger partial charge < -0.3 is 10.2 Å². The van der Waals surface area contributed by atoms with Crippen LogP contribution in [0.2, 0.25) is 0 Å². The summed E-state index contributed by atoms with van der Waals surface area (Å²) in [5.41, 5.74) is 0.747. The number of amides is 2. The lowest BCUT2D eigenvalue weighted by atomic mass is 9.88. The molecule has 1 heterocycles. The standard InChI is InChI=1S/C19H26N2O2/c22-18(15-7-3-1-4-8-15)20-17-11-13-21(14-12-17)19(23)16-9-5-2-6-10-16/h2,5-6,9-10,15,17H,1,3-4,7-8,11-14H2,(H,20,22). The van der Waals surface area contributed by atoms with Crippen LogP contribution in [0.1, 0.15) is 55.3 Å². The van der Waals surface area contributed by atoms with Gasteiger partial charge in [-0.1, -0.05) is 37.5 Å². The van der Waals surface area contributed by atoms with Gasteiger partial charge in [-0.2, -0.15) is 0 Å². The predicted molar refractivity (Wildman–Crippen MR) is 90.1 cm³/mol. The molecule has 1 saturated heterocycles. The normalized spacial score (nSPS) is 20.3. The fourth-order valence-corrected chi connectivity index (χ4v) is 3.67. The number of carbonyl (C=O) groups is 2. The summed E-state index contributed by atoms with van der Waals surface area (Å²) in [5, 5.41) is 3.21. The Morgan fingerprint density at radius 2 is 1.57 bits per heavy atom. The second kappa shape index (κ2) is 7.62. The van der Waals surface area contributed by atoms with Gasteiger partial charge in [-0.15, -0.1) is 0 Å². The lowest BCUT2D eigenvalue weighted by Crippen LogP contribution is -2.48. The van der Waals surface area contributed by atoms with Crippen molar-refractivity contribution in [1.82, 2.24) is 10.2 Å². The minimum atomic E-state index is 0.0997. The molecule has 0 spiro atoms. The van der Waals surface area contributed by atoms with Crippen molar-refractivity contribution < 1.29 is 9.59 Å². The highest BCUT2D eigenvalue weighted by molar-refractivity contribution is 5.94. The van der Waals surface area contributed by atoms with Crippen molar-refractivity contribution in [3.8, 4) is 0 Å². The van der Waals surface area contributed by atoms with E-state index in [2.05, 4.69) is 5.32 Å². The molecule has 23 heavy (non-hydrogen) atoms. The monoisotopic (exact) mass is 314 g/mol. The van der Waals surface area contributed by atoms with E-state index < -0.39 is 0 Å². The van der Waals surface area contributed by atoms with E-state index in [4.69, 9.17) is 0 Å². The average Bonchev–Trinajstić information content (AvgIpc) is 2.63. The van der Waals surface area contributed by atoms with Crippen molar-refractivity contribution in [2.24, 2.45) is 5.92 Å². The third-order valence-corrected chi connectivity index (χ3v) is 5.13. The molecule has 0 bridgehead atoms. The molecule has 3 rings (SSSR count). The van der Waals surface area contributed by atoms with Crippen LogP contribution < -0.4 is 5.32 Å². The first-order chi connectivity index (χ1) is 11.2. The maximum atomic E-state index is 12.4. The Hall–Kier alpha value is -1.84. The third-order valence-electron chi connectivity index (χ3n) is 5.13. The topological polar surface area (TPSA) is 49.4 Å². The SMILES string of the molecule is O=C(NC1CCN(C(=O)c2ccccc2)CC1)C1CCCCC1. The zero-order valence-electron chi connectivity index (χ0n) is 13.7. The highest BCUT2D eigenvalue weighted by Gasteiger charge is 2.27. The van der Waals surface area contributed by atoms with Gasteiger partial charge in [0.15, 0.2) is 0 Å². The second-order valence-corrected chi connectivity index (χ2v) is 6.78. The Balaban J connectivity index is 1.46. The largest absolute Gasteiger partial charge is 0.353 e. The van der Waals surface area contributed by atoms with E-state index in [0.717, 1.165) is 44.3 Å². The van der Waals surface area contributed by atoms with Gasteiger partial charge in [-0.05, 0) is 37.8 Å². The Morgan fingerprint density at radius 1 is 0.913 bits per heavy atom. The van der Waals surface area contributed by atoms with Crippen LogP contribution in [0.4, 0.5) is 0 Å². The Morgan fingerprint density at radius 3 is 2.22 bits per heavy atom. The summed E-state index contributed by atoms with van der Waals surface area (Å²) in [6.45, 7) is 1.45. The smallest absolute Gasteiger partial charge is 0.253 e. The van der Waals surface area contributed by atoms with Crippen molar-refractivity contribution >= 4 is 11.8 Å². The molecule has 1 aliphatic heterocycles. The molecule has 124 valence electrons. The van der Waals surface area contributed by atoms with Gasteiger partial charge in [0, 0.05) is 30.6 Å². The molecule has 1 aliphatic carbocycles. The van der Waals surface area contributed by atoms with Crippen LogP contribution in [0, 0.1) is 5.92 Å². The number of nitrogens with zero attached hydrogens (tertiary/aromatic N) is 1. The minimum Gasteiger partial charge on any atom is -0.353 e. The molecule has 2 aliphatic rings. The van der Waals surface area contributed by atoms with Crippen LogP contribution in [-0.4, -0.2) is 35.8 Å². The summed E-state index contributed by atoms with van der Waals surface area (Å²) in [4.78, 5) is 26.6. The summed E-state index contributed by atoms with van der Waals surface area (Å²) in [6.07, 6.45) is 7.43. The summed E-state index contributed by atoms with van der Waals surface area (Å²) in [5.74, 6) is 0.549. The van der Waals surface area contributed by atoms with Crippen molar-refractivity contribution in [2.45, 2.75) is 51.0 Å². The van der Waals surface area contributed by atoms with Gasteiger partial charge in [0.1, 0.15) is 0 Å². The summed E-state index contributed by atoms with van der Waals surface area (Å²) < 4.78 is 0. The first-order valence-corrected chi connectivity index (χ1v) is 8.89. The van der Waals surface area contributed by atoms with E-state index >= 15 is 0 Å². The molecule has 1 N–H and O–H groups in total. The molecule has 2 amide bonds. The highest BCUT2D eigenvalue weighted by Crippen LogP contribution is 2.24. The maximum Gasteiger partial charge on any atom is 0.253 e. The third kappa shape index (κ3) is 4.12. The average molecular weight is 314 g/mol. The van der Waals surface area contributed by atoms with Crippen LogP contribution in [0.25, 0.3) is 0 Å². The number of rotatable bonds is 3. The van der Waals surface area contributed by atoms with E-state index in [9.17, 15) is 9.59 Å². The fourth-order valence-electron chi connectivity index (χ4n) is 3.67. The van der Waals surface area contributed by atoms with Crippen LogP contribution in [0.5, 0.6) is 0 Å². The van der Waals surface area contributed by atoms with Gasteiger partial charge in [-0.25, -0.2) is 0 Å². The van der Waals surface area contributed by atoms with Crippen molar-refractivity contribution in [1.29, 1.82) is 0 Å². The molecule has 1 aromatic carbocycles. The zero-order chi connectivity index (χ0) is 16.1. The summed E-state index contributed by atoms with van der Waals surface area (Å²) in [7, 11) is 0. The molecular weight excluding hydrogens is 288 g/mol. The highest BCUT2D eigenvalue weighted by atomic mass is 16.2. The number of piperidine rings is 1. The molecular formula is C19H26N2O2. The molecule has 1 aromatic rings. The summed E-state index contributed by atoms with van der Waals surface area (Å²) in [6, 6.07) is 9.65. The second-order valence-electron chi connectivity index (χ2n) is 6.78. The summed E-state index contributed by atoms with van der Waals surface area (Å²) >= 11 is 0. The van der Waals surface area contributed by atoms with Crippen LogP contribution >= 0.6 is 0 Å². The van der Waals surface area contributed by atoms with Gasteiger partial charge in [0.25, 0.3) is 5.91 Å². The van der Waals surface area contributed by atoms with E-state index in [-0.39, 0.29) is 23.8 Å². The number of carbonyl (C=O) groups excluding carboxylic acids is 2. The molecule has 4 nitrogen and oxygen atoms in total. The maximum absolute atomic E-state index is 12.4. The fraction of sp³-hybridized carbons (Fsp3) is 0.579. The molecule has 0 unspecified atom stereocenters. The quantitative estimate of drug-likeness (QED) is 0.932. The van der Waals surface area contributed by atoms with Crippen molar-refractivity contribution in [2.75, 3.05) is 13.1 Å². The minimum absolute atomic E-state index is 0.0997. The molecule has 2 fully saturated rings. The Labute approximate surface area is 138 Å². The number of hydrogen-bond donors (Lipinski definition) is 1. The molecule has 0 atom stereocenters. The number of nitrogens with one attached hydrogen (secondary N) is 1. The number of hydrogen-bond acceptors (Lipinski definition) is 2. The zero-order valence-corrected chi connectivity index (χ0v) is 13.7. The lowest BCUT2D eigenvalue weighted by Gasteiger charge is -2.33. The van der Waals surface area contributed by atoms with E-state index in [1.807, 2.05) is 35.2 Å². The van der Waals surface area contributed by atoms with Gasteiger partial charge in [0.2, 0.25) is 5.91 Å². The van der Waals surface area contributed by atoms with Crippen LogP contribution in [0.3, 0.4) is 0 Å². The molecule has 0 aromatic heterocycles. The van der Waals surface area contributed by atoms with E-state index in [0.29, 0.717) is 0 Å². The lowest BCUT2D eigenvalue weighted by molar-refractivity contribution is -0.126. The number of likely N-dealkylation sites (tertiary alicyclic amines) is 1. The van der Waals surface area contributed by atoms with Crippen molar-refractivity contribution in [3.63, 3.8) is 0 Å². The van der Waals surface area contributed by atoms with Crippen molar-refractivity contribution in [3.05, 3.63) is 35.9 Å². The number of benzene rings is 1. The van der Waals surface area contributed by atoms with Gasteiger partial charge >= 0.3 is 0 Å². The Bertz CT molecular complexity index is 530. The van der Waals surface area contributed by atoms with Gasteiger partial charge in [-0.3, -0.25) is 9.59 Å². The Kier molecular flexibility index (Phi) is 5.31. The van der Waals surface area contributed by atoms with E-state index in [1.54, 1.807) is 0 Å². The molecule has 1 saturated carbocycles. The van der Waals surface area contributed by atoms with Crippen LogP contribution in [-0.2, 0) is 4.79 Å². The van der Waals surface area contributed by atoms with Gasteiger partial charge in [0.05, 0.1) is 0 Å². The molecule has 0 radical (unpaired) electrons. The molecule has 4 heteroatoms.